The van der Waals surface area contributed by atoms with Crippen LogP contribution in [0, 0.1) is 5.82 Å². The van der Waals surface area contributed by atoms with Crippen molar-refractivity contribution in [3.05, 3.63) is 30.1 Å². The molecule has 18 heavy (non-hydrogen) atoms. The van der Waals surface area contributed by atoms with E-state index in [1.807, 2.05) is 6.07 Å². The largest absolute Gasteiger partial charge is 0.468 e. The highest BCUT2D eigenvalue weighted by Crippen LogP contribution is 2.21. The first-order valence-electron chi connectivity index (χ1n) is 5.71. The molecule has 0 aromatic heterocycles. The van der Waals surface area contributed by atoms with E-state index in [0.717, 1.165) is 17.1 Å². The van der Waals surface area contributed by atoms with E-state index < -0.39 is 11.5 Å². The van der Waals surface area contributed by atoms with Crippen molar-refractivity contribution in [2.75, 3.05) is 12.9 Å². The van der Waals surface area contributed by atoms with E-state index in [-0.39, 0.29) is 5.82 Å². The van der Waals surface area contributed by atoms with Gasteiger partial charge in [0.25, 0.3) is 0 Å². The molecule has 1 aromatic rings. The van der Waals surface area contributed by atoms with E-state index >= 15 is 0 Å². The van der Waals surface area contributed by atoms with Crippen molar-refractivity contribution in [2.24, 2.45) is 5.73 Å². The number of hydrogen-bond donors (Lipinski definition) is 1. The summed E-state index contributed by atoms with van der Waals surface area (Å²) in [5, 5.41) is 0. The Kier molecular flexibility index (Phi) is 5.62. The Labute approximate surface area is 111 Å². The van der Waals surface area contributed by atoms with Crippen molar-refractivity contribution >= 4 is 17.7 Å². The molecule has 0 heterocycles. The Bertz CT molecular complexity index is 410. The number of ether oxygens (including phenoxy) is 1. The third-order valence-electron chi connectivity index (χ3n) is 2.56. The molecule has 100 valence electrons. The van der Waals surface area contributed by atoms with Crippen LogP contribution in [0.5, 0.6) is 0 Å². The highest BCUT2D eigenvalue weighted by atomic mass is 32.2. The first-order chi connectivity index (χ1) is 8.45. The molecule has 3 nitrogen and oxygen atoms in total. The van der Waals surface area contributed by atoms with Crippen LogP contribution in [-0.2, 0) is 9.53 Å². The van der Waals surface area contributed by atoms with E-state index in [4.69, 9.17) is 5.73 Å². The molecule has 1 aromatic carbocycles. The Balaban J connectivity index is 2.33. The van der Waals surface area contributed by atoms with Gasteiger partial charge in [0, 0.05) is 4.90 Å². The molecular formula is C13H18FNO2S. The zero-order valence-corrected chi connectivity index (χ0v) is 11.4. The predicted molar refractivity (Wildman–Crippen MR) is 71.0 cm³/mol. The summed E-state index contributed by atoms with van der Waals surface area (Å²) in [6.45, 7) is 1.66. The molecular weight excluding hydrogens is 253 g/mol. The van der Waals surface area contributed by atoms with Gasteiger partial charge in [-0.1, -0.05) is 6.07 Å². The first kappa shape index (κ1) is 15.0. The quantitative estimate of drug-likeness (QED) is 0.491. The van der Waals surface area contributed by atoms with Crippen molar-refractivity contribution in [2.45, 2.75) is 30.2 Å². The number of methoxy groups -OCH3 is 1. The van der Waals surface area contributed by atoms with Crippen LogP contribution in [0.4, 0.5) is 4.39 Å². The van der Waals surface area contributed by atoms with E-state index in [0.29, 0.717) is 6.42 Å². The average Bonchev–Trinajstić information content (AvgIpc) is 2.33. The maximum Gasteiger partial charge on any atom is 0.325 e. The highest BCUT2D eigenvalue weighted by molar-refractivity contribution is 7.99. The van der Waals surface area contributed by atoms with Crippen molar-refractivity contribution in [1.82, 2.24) is 0 Å². The molecule has 0 aliphatic rings. The van der Waals surface area contributed by atoms with Crippen LogP contribution < -0.4 is 5.73 Å². The lowest BCUT2D eigenvalue weighted by Gasteiger charge is -2.20. The Morgan fingerprint density at radius 1 is 1.56 bits per heavy atom. The summed E-state index contributed by atoms with van der Waals surface area (Å²) >= 11 is 1.55. The number of esters is 1. The van der Waals surface area contributed by atoms with E-state index in [2.05, 4.69) is 4.74 Å². The minimum Gasteiger partial charge on any atom is -0.468 e. The van der Waals surface area contributed by atoms with Crippen molar-refractivity contribution in [3.8, 4) is 0 Å². The number of thioether (sulfide) groups is 1. The van der Waals surface area contributed by atoms with Crippen LogP contribution in [0.15, 0.2) is 29.2 Å². The van der Waals surface area contributed by atoms with Gasteiger partial charge in [0.2, 0.25) is 0 Å². The monoisotopic (exact) mass is 271 g/mol. The number of nitrogens with two attached hydrogens (primary N) is 1. The van der Waals surface area contributed by atoms with Gasteiger partial charge in [0.05, 0.1) is 7.11 Å². The van der Waals surface area contributed by atoms with Crippen molar-refractivity contribution < 1.29 is 13.9 Å². The lowest BCUT2D eigenvalue weighted by atomic mass is 9.98. The molecule has 0 aliphatic heterocycles. The minimum atomic E-state index is -0.947. The van der Waals surface area contributed by atoms with Crippen molar-refractivity contribution in [3.63, 3.8) is 0 Å². The zero-order valence-electron chi connectivity index (χ0n) is 10.6. The minimum absolute atomic E-state index is 0.238. The van der Waals surface area contributed by atoms with E-state index in [1.54, 1.807) is 24.8 Å². The molecule has 1 unspecified atom stereocenters. The Morgan fingerprint density at radius 3 is 2.89 bits per heavy atom. The van der Waals surface area contributed by atoms with Crippen molar-refractivity contribution in [1.29, 1.82) is 0 Å². The fourth-order valence-electron chi connectivity index (χ4n) is 1.52. The summed E-state index contributed by atoms with van der Waals surface area (Å²) in [6.07, 6.45) is 1.31. The molecule has 0 saturated heterocycles. The van der Waals surface area contributed by atoms with Gasteiger partial charge in [-0.25, -0.2) is 4.39 Å². The maximum absolute atomic E-state index is 12.9. The van der Waals surface area contributed by atoms with Crippen LogP contribution in [0.1, 0.15) is 19.8 Å². The molecule has 5 heteroatoms. The fraction of sp³-hybridized carbons (Fsp3) is 0.462. The number of benzene rings is 1. The smallest absolute Gasteiger partial charge is 0.325 e. The number of halogens is 1. The lowest BCUT2D eigenvalue weighted by Crippen LogP contribution is -2.45. The Morgan fingerprint density at radius 2 is 2.28 bits per heavy atom. The Hall–Kier alpha value is -1.07. The molecule has 0 spiro atoms. The SMILES string of the molecule is COC(=O)C(C)(N)CCCSc1cccc(F)c1. The maximum atomic E-state index is 12.9. The highest BCUT2D eigenvalue weighted by Gasteiger charge is 2.28. The summed E-state index contributed by atoms with van der Waals surface area (Å²) in [6, 6.07) is 6.44. The second-order valence-electron chi connectivity index (χ2n) is 4.32. The van der Waals surface area contributed by atoms with Gasteiger partial charge in [0.1, 0.15) is 11.4 Å². The third-order valence-corrected chi connectivity index (χ3v) is 3.64. The second kappa shape index (κ2) is 6.75. The average molecular weight is 271 g/mol. The van der Waals surface area contributed by atoms with Gasteiger partial charge in [-0.2, -0.15) is 0 Å². The van der Waals surface area contributed by atoms with Gasteiger partial charge in [-0.3, -0.25) is 4.79 Å². The summed E-state index contributed by atoms with van der Waals surface area (Å²) in [5.74, 6) is 0.143. The summed E-state index contributed by atoms with van der Waals surface area (Å²) in [4.78, 5) is 12.2. The third kappa shape index (κ3) is 4.66. The molecule has 0 bridgehead atoms. The van der Waals surface area contributed by atoms with Gasteiger partial charge >= 0.3 is 5.97 Å². The molecule has 0 aliphatic carbocycles. The van der Waals surface area contributed by atoms with Crippen LogP contribution in [0.2, 0.25) is 0 Å². The first-order valence-corrected chi connectivity index (χ1v) is 6.70. The van der Waals surface area contributed by atoms with Crippen LogP contribution >= 0.6 is 11.8 Å². The topological polar surface area (TPSA) is 52.3 Å². The summed E-state index contributed by atoms with van der Waals surface area (Å²) in [7, 11) is 1.33. The molecule has 0 fully saturated rings. The standard InChI is InChI=1S/C13H18FNO2S/c1-13(15,12(16)17-2)7-4-8-18-11-6-3-5-10(14)9-11/h3,5-6,9H,4,7-8,15H2,1-2H3. The number of carbonyl (C=O) groups excluding carboxylic acids is 1. The molecule has 2 N–H and O–H groups in total. The van der Waals surface area contributed by atoms with Crippen LogP contribution in [-0.4, -0.2) is 24.4 Å². The van der Waals surface area contributed by atoms with E-state index in [9.17, 15) is 9.18 Å². The van der Waals surface area contributed by atoms with Gasteiger partial charge in [-0.05, 0) is 43.7 Å². The summed E-state index contributed by atoms with van der Waals surface area (Å²) in [5.41, 5.74) is 4.88. The van der Waals surface area contributed by atoms with Gasteiger partial charge in [0.15, 0.2) is 0 Å². The fourth-order valence-corrected chi connectivity index (χ4v) is 2.42. The van der Waals surface area contributed by atoms with Gasteiger partial charge < -0.3 is 10.5 Å². The number of rotatable bonds is 6. The molecule has 1 rings (SSSR count). The predicted octanol–water partition coefficient (Wildman–Crippen LogP) is 2.59. The molecule has 0 radical (unpaired) electrons. The number of carbonyl (C=O) groups is 1. The molecule has 1 atom stereocenters. The summed E-state index contributed by atoms with van der Waals surface area (Å²) < 4.78 is 17.5. The zero-order chi connectivity index (χ0) is 13.6. The molecule has 0 saturated carbocycles. The van der Waals surface area contributed by atoms with E-state index in [1.165, 1.54) is 19.2 Å². The normalized spacial score (nSPS) is 14.0. The molecule has 0 amide bonds. The number of hydrogen-bond acceptors (Lipinski definition) is 4. The lowest BCUT2D eigenvalue weighted by molar-refractivity contribution is -0.146. The second-order valence-corrected chi connectivity index (χ2v) is 5.49. The van der Waals surface area contributed by atoms with Gasteiger partial charge in [-0.15, -0.1) is 11.8 Å². The van der Waals surface area contributed by atoms with Crippen LogP contribution in [0.25, 0.3) is 0 Å². The van der Waals surface area contributed by atoms with Crippen LogP contribution in [0.3, 0.4) is 0 Å².